The molecule has 0 saturated heterocycles. The molecular formula is C19H25NO. The largest absolute Gasteiger partial charge is 0.489 e. The summed E-state index contributed by atoms with van der Waals surface area (Å²) in [5.41, 5.74) is 3.78. The van der Waals surface area contributed by atoms with Gasteiger partial charge in [0, 0.05) is 6.54 Å². The van der Waals surface area contributed by atoms with Gasteiger partial charge in [-0.3, -0.25) is 0 Å². The van der Waals surface area contributed by atoms with Gasteiger partial charge >= 0.3 is 0 Å². The Balaban J connectivity index is 1.78. The first-order chi connectivity index (χ1) is 10.3. The van der Waals surface area contributed by atoms with E-state index in [0.717, 1.165) is 18.8 Å². The van der Waals surface area contributed by atoms with Crippen LogP contribution in [0.2, 0.25) is 0 Å². The zero-order chi connectivity index (χ0) is 14.9. The minimum absolute atomic E-state index is 0.619. The molecule has 2 aromatic carbocycles. The Morgan fingerprint density at radius 1 is 0.905 bits per heavy atom. The van der Waals surface area contributed by atoms with Crippen molar-refractivity contribution in [2.24, 2.45) is 0 Å². The highest BCUT2D eigenvalue weighted by atomic mass is 16.5. The van der Waals surface area contributed by atoms with Crippen molar-refractivity contribution in [3.05, 3.63) is 65.2 Å². The molecule has 0 heterocycles. The van der Waals surface area contributed by atoms with Crippen LogP contribution in [0, 0.1) is 6.92 Å². The lowest BCUT2D eigenvalue weighted by molar-refractivity contribution is 0.306. The zero-order valence-electron chi connectivity index (χ0n) is 13.1. The standard InChI is InChI=1S/C19H25NO/c1-3-4-13-20-14-17-9-11-19(12-10-17)21-15-18-7-5-16(2)6-8-18/h5-12,20H,3-4,13-15H2,1-2H3. The molecule has 2 heteroatoms. The van der Waals surface area contributed by atoms with Gasteiger partial charge in [-0.15, -0.1) is 0 Å². The third-order valence-electron chi connectivity index (χ3n) is 3.49. The molecule has 2 aromatic rings. The van der Waals surface area contributed by atoms with Gasteiger partial charge < -0.3 is 10.1 Å². The van der Waals surface area contributed by atoms with Crippen molar-refractivity contribution in [2.75, 3.05) is 6.54 Å². The van der Waals surface area contributed by atoms with Gasteiger partial charge in [0.15, 0.2) is 0 Å². The van der Waals surface area contributed by atoms with Crippen LogP contribution in [-0.2, 0) is 13.2 Å². The van der Waals surface area contributed by atoms with E-state index in [9.17, 15) is 0 Å². The summed E-state index contributed by atoms with van der Waals surface area (Å²) in [7, 11) is 0. The summed E-state index contributed by atoms with van der Waals surface area (Å²) in [6.07, 6.45) is 2.47. The summed E-state index contributed by atoms with van der Waals surface area (Å²) >= 11 is 0. The van der Waals surface area contributed by atoms with Crippen LogP contribution in [0.15, 0.2) is 48.5 Å². The molecule has 2 rings (SSSR count). The highest BCUT2D eigenvalue weighted by molar-refractivity contribution is 5.28. The lowest BCUT2D eigenvalue weighted by Gasteiger charge is -2.08. The smallest absolute Gasteiger partial charge is 0.119 e. The minimum atomic E-state index is 0.619. The van der Waals surface area contributed by atoms with E-state index >= 15 is 0 Å². The predicted octanol–water partition coefficient (Wildman–Crippen LogP) is 4.46. The Kier molecular flexibility index (Phi) is 6.29. The summed E-state index contributed by atoms with van der Waals surface area (Å²) in [5.74, 6) is 0.924. The Hall–Kier alpha value is -1.80. The molecule has 0 amide bonds. The van der Waals surface area contributed by atoms with Crippen LogP contribution in [0.5, 0.6) is 5.75 Å². The topological polar surface area (TPSA) is 21.3 Å². The molecule has 0 aliphatic carbocycles. The Morgan fingerprint density at radius 3 is 2.24 bits per heavy atom. The molecule has 0 bridgehead atoms. The normalized spacial score (nSPS) is 10.6. The molecular weight excluding hydrogens is 258 g/mol. The first-order valence-electron chi connectivity index (χ1n) is 7.76. The second kappa shape index (κ2) is 8.48. The average molecular weight is 283 g/mol. The van der Waals surface area contributed by atoms with E-state index in [2.05, 4.69) is 55.6 Å². The van der Waals surface area contributed by atoms with Crippen LogP contribution in [-0.4, -0.2) is 6.54 Å². The third-order valence-corrected chi connectivity index (χ3v) is 3.49. The highest BCUT2D eigenvalue weighted by Crippen LogP contribution is 2.14. The molecule has 1 N–H and O–H groups in total. The molecule has 0 spiro atoms. The zero-order valence-corrected chi connectivity index (χ0v) is 13.1. The molecule has 0 aliphatic heterocycles. The maximum absolute atomic E-state index is 5.81. The maximum atomic E-state index is 5.81. The molecule has 0 fully saturated rings. The number of rotatable bonds is 8. The van der Waals surface area contributed by atoms with Gasteiger partial charge in [-0.25, -0.2) is 0 Å². The first kappa shape index (κ1) is 15.6. The summed E-state index contributed by atoms with van der Waals surface area (Å²) in [5, 5.41) is 3.44. The summed E-state index contributed by atoms with van der Waals surface area (Å²) in [4.78, 5) is 0. The van der Waals surface area contributed by atoms with Crippen LogP contribution < -0.4 is 10.1 Å². The van der Waals surface area contributed by atoms with Crippen molar-refractivity contribution in [1.82, 2.24) is 5.32 Å². The van der Waals surface area contributed by atoms with Crippen molar-refractivity contribution < 1.29 is 4.74 Å². The van der Waals surface area contributed by atoms with E-state index in [0.29, 0.717) is 6.61 Å². The summed E-state index contributed by atoms with van der Waals surface area (Å²) in [6.45, 7) is 6.94. The van der Waals surface area contributed by atoms with Gasteiger partial charge in [0.05, 0.1) is 0 Å². The second-order valence-corrected chi connectivity index (χ2v) is 5.45. The lowest BCUT2D eigenvalue weighted by atomic mass is 10.2. The van der Waals surface area contributed by atoms with Gasteiger partial charge in [0.2, 0.25) is 0 Å². The number of nitrogens with one attached hydrogen (secondary N) is 1. The monoisotopic (exact) mass is 283 g/mol. The highest BCUT2D eigenvalue weighted by Gasteiger charge is 1.97. The van der Waals surface area contributed by atoms with Crippen molar-refractivity contribution in [3.63, 3.8) is 0 Å². The van der Waals surface area contributed by atoms with E-state index < -0.39 is 0 Å². The Morgan fingerprint density at radius 2 is 1.57 bits per heavy atom. The fourth-order valence-electron chi connectivity index (χ4n) is 2.09. The van der Waals surface area contributed by atoms with Gasteiger partial charge in [-0.1, -0.05) is 55.3 Å². The van der Waals surface area contributed by atoms with Crippen molar-refractivity contribution in [3.8, 4) is 5.75 Å². The van der Waals surface area contributed by atoms with E-state index in [1.54, 1.807) is 0 Å². The van der Waals surface area contributed by atoms with Crippen LogP contribution >= 0.6 is 0 Å². The Bertz CT molecular complexity index is 516. The van der Waals surface area contributed by atoms with Crippen LogP contribution in [0.1, 0.15) is 36.5 Å². The number of unbranched alkanes of at least 4 members (excludes halogenated alkanes) is 1. The molecule has 0 aliphatic rings. The molecule has 2 nitrogen and oxygen atoms in total. The van der Waals surface area contributed by atoms with Crippen LogP contribution in [0.3, 0.4) is 0 Å². The van der Waals surface area contributed by atoms with Crippen LogP contribution in [0.25, 0.3) is 0 Å². The lowest BCUT2D eigenvalue weighted by Crippen LogP contribution is -2.14. The van der Waals surface area contributed by atoms with Crippen molar-refractivity contribution in [1.29, 1.82) is 0 Å². The van der Waals surface area contributed by atoms with Gasteiger partial charge in [0.1, 0.15) is 12.4 Å². The molecule has 21 heavy (non-hydrogen) atoms. The quantitative estimate of drug-likeness (QED) is 0.722. The van der Waals surface area contributed by atoms with Gasteiger partial charge in [0.25, 0.3) is 0 Å². The Labute approximate surface area is 128 Å². The van der Waals surface area contributed by atoms with E-state index in [1.165, 1.54) is 29.5 Å². The average Bonchev–Trinajstić information content (AvgIpc) is 2.52. The fraction of sp³-hybridized carbons (Fsp3) is 0.368. The number of aryl methyl sites for hydroxylation is 1. The number of ether oxygens (including phenoxy) is 1. The molecule has 0 saturated carbocycles. The number of hydrogen-bond donors (Lipinski definition) is 1. The maximum Gasteiger partial charge on any atom is 0.119 e. The SMILES string of the molecule is CCCCNCc1ccc(OCc2ccc(C)cc2)cc1. The molecule has 0 atom stereocenters. The van der Waals surface area contributed by atoms with E-state index in [1.807, 2.05) is 12.1 Å². The van der Waals surface area contributed by atoms with Crippen molar-refractivity contribution >= 4 is 0 Å². The minimum Gasteiger partial charge on any atom is -0.489 e. The molecule has 0 unspecified atom stereocenters. The fourth-order valence-corrected chi connectivity index (χ4v) is 2.09. The summed E-state index contributed by atoms with van der Waals surface area (Å²) < 4.78 is 5.81. The van der Waals surface area contributed by atoms with Gasteiger partial charge in [-0.05, 0) is 43.1 Å². The first-order valence-corrected chi connectivity index (χ1v) is 7.76. The molecule has 0 radical (unpaired) electrons. The molecule has 0 aromatic heterocycles. The number of benzene rings is 2. The summed E-state index contributed by atoms with van der Waals surface area (Å²) in [6, 6.07) is 16.8. The van der Waals surface area contributed by atoms with Gasteiger partial charge in [-0.2, -0.15) is 0 Å². The predicted molar refractivity (Wildman–Crippen MR) is 88.6 cm³/mol. The third kappa shape index (κ3) is 5.60. The van der Waals surface area contributed by atoms with E-state index in [4.69, 9.17) is 4.74 Å². The van der Waals surface area contributed by atoms with Crippen molar-refractivity contribution in [2.45, 2.75) is 39.8 Å². The second-order valence-electron chi connectivity index (χ2n) is 5.45. The molecule has 112 valence electrons. The van der Waals surface area contributed by atoms with Crippen LogP contribution in [0.4, 0.5) is 0 Å². The number of hydrogen-bond acceptors (Lipinski definition) is 2. The van der Waals surface area contributed by atoms with E-state index in [-0.39, 0.29) is 0 Å².